The summed E-state index contributed by atoms with van der Waals surface area (Å²) in [5, 5.41) is 0. The summed E-state index contributed by atoms with van der Waals surface area (Å²) < 4.78 is 0. The zero-order valence-corrected chi connectivity index (χ0v) is 7.84. The van der Waals surface area contributed by atoms with Crippen molar-refractivity contribution >= 4 is 5.78 Å². The molecule has 4 fully saturated rings. The van der Waals surface area contributed by atoms with E-state index in [0.717, 1.165) is 17.8 Å². The van der Waals surface area contributed by atoms with Gasteiger partial charge in [-0.05, 0) is 37.0 Å². The van der Waals surface area contributed by atoms with Gasteiger partial charge in [0.1, 0.15) is 5.78 Å². The van der Waals surface area contributed by atoms with Crippen LogP contribution in [-0.2, 0) is 4.79 Å². The van der Waals surface area contributed by atoms with Crippen LogP contribution in [0.4, 0.5) is 0 Å². The van der Waals surface area contributed by atoms with Gasteiger partial charge < -0.3 is 0 Å². The predicted octanol–water partition coefficient (Wildman–Crippen LogP) is 2.26. The maximum atomic E-state index is 11.9. The molecule has 2 bridgehead atoms. The zero-order chi connectivity index (χ0) is 8.51. The van der Waals surface area contributed by atoms with Crippen LogP contribution in [0.25, 0.3) is 0 Å². The van der Waals surface area contributed by atoms with Crippen LogP contribution in [0.2, 0.25) is 0 Å². The molecule has 0 aromatic carbocycles. The topological polar surface area (TPSA) is 17.1 Å². The highest BCUT2D eigenvalue weighted by Gasteiger charge is 2.64. The van der Waals surface area contributed by atoms with E-state index in [9.17, 15) is 4.79 Å². The van der Waals surface area contributed by atoms with Crippen molar-refractivity contribution in [2.45, 2.75) is 33.1 Å². The molecule has 0 aromatic heterocycles. The number of rotatable bonds is 0. The highest BCUT2D eigenvalue weighted by Crippen LogP contribution is 2.66. The van der Waals surface area contributed by atoms with E-state index < -0.39 is 0 Å². The van der Waals surface area contributed by atoms with Gasteiger partial charge in [-0.25, -0.2) is 0 Å². The highest BCUT2D eigenvalue weighted by atomic mass is 16.1. The fourth-order valence-corrected chi connectivity index (χ4v) is 3.83. The first kappa shape index (κ1) is 7.11. The molecular weight excluding hydrogens is 148 g/mol. The van der Waals surface area contributed by atoms with Gasteiger partial charge in [-0.1, -0.05) is 13.8 Å². The summed E-state index contributed by atoms with van der Waals surface area (Å²) in [6.45, 7) is 4.33. The normalized spacial score (nSPS) is 53.7. The van der Waals surface area contributed by atoms with Crippen molar-refractivity contribution in [3.05, 3.63) is 0 Å². The molecule has 0 aliphatic heterocycles. The van der Waals surface area contributed by atoms with Crippen LogP contribution < -0.4 is 0 Å². The predicted molar refractivity (Wildman–Crippen MR) is 46.6 cm³/mol. The third-order valence-electron chi connectivity index (χ3n) is 4.61. The Bertz CT molecular complexity index is 254. The standard InChI is InChI=1S/C11H16O/c1-11(2)9-4-3-6(10(11)12)7-5-8(7)9/h6-9H,3-5H2,1-2H3. The monoisotopic (exact) mass is 164 g/mol. The van der Waals surface area contributed by atoms with Crippen LogP contribution in [0.15, 0.2) is 0 Å². The van der Waals surface area contributed by atoms with Crippen LogP contribution in [-0.4, -0.2) is 5.78 Å². The highest BCUT2D eigenvalue weighted by molar-refractivity contribution is 5.89. The number of fused-ring (bicyclic) bond motifs is 2. The zero-order valence-electron chi connectivity index (χ0n) is 7.84. The van der Waals surface area contributed by atoms with E-state index in [4.69, 9.17) is 0 Å². The van der Waals surface area contributed by atoms with Gasteiger partial charge in [-0.3, -0.25) is 4.79 Å². The van der Waals surface area contributed by atoms with Gasteiger partial charge in [-0.15, -0.1) is 0 Å². The van der Waals surface area contributed by atoms with Gasteiger partial charge in [-0.2, -0.15) is 0 Å². The number of carbonyl (C=O) groups is 1. The summed E-state index contributed by atoms with van der Waals surface area (Å²) in [7, 11) is 0. The Morgan fingerprint density at radius 2 is 2.00 bits per heavy atom. The quantitative estimate of drug-likeness (QED) is 0.536. The van der Waals surface area contributed by atoms with Gasteiger partial charge in [0.15, 0.2) is 0 Å². The van der Waals surface area contributed by atoms with E-state index in [1.54, 1.807) is 0 Å². The summed E-state index contributed by atoms with van der Waals surface area (Å²) in [5.74, 6) is 3.55. The molecule has 0 spiro atoms. The summed E-state index contributed by atoms with van der Waals surface area (Å²) in [5.41, 5.74) is 0.0284. The average molecular weight is 164 g/mol. The SMILES string of the molecule is CC1(C)C(=O)C2CCC1C1CC21. The Kier molecular flexibility index (Phi) is 1.06. The van der Waals surface area contributed by atoms with Crippen LogP contribution in [0.5, 0.6) is 0 Å². The van der Waals surface area contributed by atoms with Gasteiger partial charge in [0, 0.05) is 11.3 Å². The van der Waals surface area contributed by atoms with Crippen molar-refractivity contribution in [3.8, 4) is 0 Å². The third-order valence-corrected chi connectivity index (χ3v) is 4.61. The number of hydrogen-bond donors (Lipinski definition) is 0. The average Bonchev–Trinajstić information content (AvgIpc) is 2.76. The minimum absolute atomic E-state index is 0.0284. The van der Waals surface area contributed by atoms with Crippen LogP contribution in [0.1, 0.15) is 33.1 Å². The Morgan fingerprint density at radius 3 is 2.67 bits per heavy atom. The first-order valence-corrected chi connectivity index (χ1v) is 5.16. The van der Waals surface area contributed by atoms with E-state index in [2.05, 4.69) is 13.8 Å². The first-order chi connectivity index (χ1) is 5.62. The lowest BCUT2D eigenvalue weighted by Crippen LogP contribution is -2.48. The second-order valence-corrected chi connectivity index (χ2v) is 5.44. The number of hydrogen-bond acceptors (Lipinski definition) is 1. The molecule has 0 radical (unpaired) electrons. The number of Topliss-reactive ketones (excluding diaryl/α,β-unsaturated/α-hetero) is 1. The lowest BCUT2D eigenvalue weighted by molar-refractivity contribution is -0.144. The van der Waals surface area contributed by atoms with E-state index in [-0.39, 0.29) is 5.41 Å². The van der Waals surface area contributed by atoms with Crippen LogP contribution in [0, 0.1) is 29.1 Å². The van der Waals surface area contributed by atoms with Crippen LogP contribution in [0.3, 0.4) is 0 Å². The molecule has 4 saturated carbocycles. The molecule has 4 aliphatic carbocycles. The van der Waals surface area contributed by atoms with Gasteiger partial charge in [0.2, 0.25) is 0 Å². The van der Waals surface area contributed by atoms with Crippen molar-refractivity contribution in [1.29, 1.82) is 0 Å². The van der Waals surface area contributed by atoms with Gasteiger partial charge in [0.05, 0.1) is 0 Å². The van der Waals surface area contributed by atoms with Crippen molar-refractivity contribution in [3.63, 3.8) is 0 Å². The molecule has 66 valence electrons. The Hall–Kier alpha value is -0.330. The van der Waals surface area contributed by atoms with Crippen LogP contribution >= 0.6 is 0 Å². The molecule has 0 N–H and O–H groups in total. The summed E-state index contributed by atoms with van der Waals surface area (Å²) in [4.78, 5) is 11.9. The minimum Gasteiger partial charge on any atom is -0.299 e. The maximum Gasteiger partial charge on any atom is 0.142 e. The number of ketones is 1. The third kappa shape index (κ3) is 0.605. The van der Waals surface area contributed by atoms with E-state index in [0.29, 0.717) is 11.7 Å². The fraction of sp³-hybridized carbons (Fsp3) is 0.909. The number of carbonyl (C=O) groups excluding carboxylic acids is 1. The van der Waals surface area contributed by atoms with E-state index in [1.807, 2.05) is 0 Å². The largest absolute Gasteiger partial charge is 0.299 e. The Labute approximate surface area is 73.5 Å². The smallest absolute Gasteiger partial charge is 0.142 e. The molecule has 0 aromatic rings. The summed E-state index contributed by atoms with van der Waals surface area (Å²) >= 11 is 0. The molecule has 4 unspecified atom stereocenters. The molecule has 1 nitrogen and oxygen atoms in total. The summed E-state index contributed by atoms with van der Waals surface area (Å²) in [6.07, 6.45) is 3.89. The molecule has 4 aliphatic rings. The Balaban J connectivity index is 2.05. The molecule has 0 amide bonds. The van der Waals surface area contributed by atoms with Gasteiger partial charge >= 0.3 is 0 Å². The Morgan fingerprint density at radius 1 is 1.25 bits per heavy atom. The lowest BCUT2D eigenvalue weighted by atomic mass is 9.57. The second-order valence-electron chi connectivity index (χ2n) is 5.44. The summed E-state index contributed by atoms with van der Waals surface area (Å²) in [6, 6.07) is 0. The van der Waals surface area contributed by atoms with Gasteiger partial charge in [0.25, 0.3) is 0 Å². The molecule has 12 heavy (non-hydrogen) atoms. The van der Waals surface area contributed by atoms with Crippen molar-refractivity contribution in [2.24, 2.45) is 29.1 Å². The fourth-order valence-electron chi connectivity index (χ4n) is 3.83. The minimum atomic E-state index is 0.0284. The molecule has 0 saturated heterocycles. The molecule has 4 rings (SSSR count). The molecule has 0 heterocycles. The van der Waals surface area contributed by atoms with Crippen molar-refractivity contribution < 1.29 is 4.79 Å². The maximum absolute atomic E-state index is 11.9. The van der Waals surface area contributed by atoms with E-state index in [1.165, 1.54) is 19.3 Å². The lowest BCUT2D eigenvalue weighted by Gasteiger charge is -2.46. The molecular formula is C11H16O. The molecule has 4 atom stereocenters. The van der Waals surface area contributed by atoms with Crippen molar-refractivity contribution in [2.75, 3.05) is 0 Å². The molecule has 1 heteroatoms. The first-order valence-electron chi connectivity index (χ1n) is 5.16. The van der Waals surface area contributed by atoms with Crippen molar-refractivity contribution in [1.82, 2.24) is 0 Å². The second kappa shape index (κ2) is 1.78. The van der Waals surface area contributed by atoms with E-state index >= 15 is 0 Å².